The number of hydrogen-bond acceptors (Lipinski definition) is 3. The van der Waals surface area contributed by atoms with Crippen molar-refractivity contribution >= 4 is 23.0 Å². The minimum atomic E-state index is 0.217. The van der Waals surface area contributed by atoms with Crippen molar-refractivity contribution in [2.24, 2.45) is 0 Å². The molecule has 1 aliphatic heterocycles. The van der Waals surface area contributed by atoms with Crippen LogP contribution in [-0.4, -0.2) is 29.6 Å². The zero-order valence-electron chi connectivity index (χ0n) is 15.0. The molecule has 0 amide bonds. The van der Waals surface area contributed by atoms with E-state index < -0.39 is 0 Å². The topological polar surface area (TPSA) is 40.4 Å². The summed E-state index contributed by atoms with van der Waals surface area (Å²) in [4.78, 5) is 2.49. The Bertz CT molecular complexity index is 693. The summed E-state index contributed by atoms with van der Waals surface area (Å²) in [7, 11) is 0. The van der Waals surface area contributed by atoms with Crippen LogP contribution in [0, 0.1) is 13.8 Å². The number of anilines is 1. The number of thiocarbonyl (C=S) groups is 1. The summed E-state index contributed by atoms with van der Waals surface area (Å²) in [5.74, 6) is 1.00. The van der Waals surface area contributed by atoms with Crippen molar-refractivity contribution in [3.63, 3.8) is 0 Å². The Morgan fingerprint density at radius 1 is 1.16 bits per heavy atom. The van der Waals surface area contributed by atoms with Gasteiger partial charge in [0.2, 0.25) is 0 Å². The first kappa shape index (κ1) is 18.0. The minimum Gasteiger partial charge on any atom is -0.468 e. The number of piperidine rings is 1. The number of rotatable bonds is 5. The van der Waals surface area contributed by atoms with Gasteiger partial charge in [-0.1, -0.05) is 12.5 Å². The average Bonchev–Trinajstić information content (AvgIpc) is 3.14. The van der Waals surface area contributed by atoms with E-state index in [4.69, 9.17) is 16.6 Å². The third kappa shape index (κ3) is 4.83. The van der Waals surface area contributed by atoms with Gasteiger partial charge in [-0.05, 0) is 87.4 Å². The maximum atomic E-state index is 5.68. The number of aryl methyl sites for hydroxylation is 2. The quantitative estimate of drug-likeness (QED) is 0.776. The SMILES string of the molecule is Cc1ccc(NC(=S)NC[C@@H](c2ccco2)N2CCCCC2)cc1C. The van der Waals surface area contributed by atoms with Crippen LogP contribution < -0.4 is 10.6 Å². The van der Waals surface area contributed by atoms with Gasteiger partial charge in [-0.3, -0.25) is 4.90 Å². The van der Waals surface area contributed by atoms with Crippen LogP contribution in [0.1, 0.15) is 42.2 Å². The molecule has 134 valence electrons. The molecular formula is C20H27N3OS. The lowest BCUT2D eigenvalue weighted by Gasteiger charge is -2.33. The summed E-state index contributed by atoms with van der Waals surface area (Å²) in [5, 5.41) is 7.30. The lowest BCUT2D eigenvalue weighted by Crippen LogP contribution is -2.41. The van der Waals surface area contributed by atoms with E-state index in [0.29, 0.717) is 5.11 Å². The first-order valence-corrected chi connectivity index (χ1v) is 9.44. The second-order valence-electron chi connectivity index (χ2n) is 6.76. The highest BCUT2D eigenvalue weighted by molar-refractivity contribution is 7.80. The molecule has 0 radical (unpaired) electrons. The fraction of sp³-hybridized carbons (Fsp3) is 0.450. The molecule has 1 saturated heterocycles. The van der Waals surface area contributed by atoms with Crippen molar-refractivity contribution in [2.75, 3.05) is 25.0 Å². The monoisotopic (exact) mass is 357 g/mol. The molecule has 1 aliphatic rings. The summed E-state index contributed by atoms with van der Waals surface area (Å²) in [6.45, 7) is 7.20. The Labute approximate surface area is 155 Å². The first-order valence-electron chi connectivity index (χ1n) is 9.03. The third-order valence-electron chi connectivity index (χ3n) is 4.92. The van der Waals surface area contributed by atoms with Gasteiger partial charge >= 0.3 is 0 Å². The molecule has 0 bridgehead atoms. The van der Waals surface area contributed by atoms with Gasteiger partial charge in [0, 0.05) is 12.2 Å². The molecular weight excluding hydrogens is 330 g/mol. The van der Waals surface area contributed by atoms with E-state index in [-0.39, 0.29) is 6.04 Å². The lowest BCUT2D eigenvalue weighted by molar-refractivity contribution is 0.146. The maximum absolute atomic E-state index is 5.68. The summed E-state index contributed by atoms with van der Waals surface area (Å²) in [6, 6.07) is 10.5. The largest absolute Gasteiger partial charge is 0.468 e. The number of likely N-dealkylation sites (tertiary alicyclic amines) is 1. The number of furan rings is 1. The van der Waals surface area contributed by atoms with E-state index in [1.165, 1.54) is 30.4 Å². The molecule has 0 spiro atoms. The van der Waals surface area contributed by atoms with Crippen molar-refractivity contribution in [1.29, 1.82) is 0 Å². The molecule has 0 saturated carbocycles. The molecule has 4 nitrogen and oxygen atoms in total. The summed E-state index contributed by atoms with van der Waals surface area (Å²) < 4.78 is 5.68. The van der Waals surface area contributed by atoms with Gasteiger partial charge in [-0.25, -0.2) is 0 Å². The van der Waals surface area contributed by atoms with Crippen LogP contribution in [0.5, 0.6) is 0 Å². The molecule has 1 atom stereocenters. The summed E-state index contributed by atoms with van der Waals surface area (Å²) in [5.41, 5.74) is 3.56. The maximum Gasteiger partial charge on any atom is 0.170 e. The van der Waals surface area contributed by atoms with Crippen LogP contribution >= 0.6 is 12.2 Å². The highest BCUT2D eigenvalue weighted by Gasteiger charge is 2.24. The normalized spacial score (nSPS) is 16.4. The molecule has 3 rings (SSSR count). The molecule has 2 heterocycles. The van der Waals surface area contributed by atoms with Gasteiger partial charge in [-0.2, -0.15) is 0 Å². The van der Waals surface area contributed by atoms with E-state index in [0.717, 1.165) is 31.1 Å². The molecule has 1 aromatic heterocycles. The van der Waals surface area contributed by atoms with Gasteiger partial charge < -0.3 is 15.1 Å². The predicted molar refractivity (Wildman–Crippen MR) is 107 cm³/mol. The number of nitrogens with zero attached hydrogens (tertiary/aromatic N) is 1. The fourth-order valence-corrected chi connectivity index (χ4v) is 3.51. The molecule has 25 heavy (non-hydrogen) atoms. The Morgan fingerprint density at radius 2 is 1.96 bits per heavy atom. The highest BCUT2D eigenvalue weighted by Crippen LogP contribution is 2.24. The predicted octanol–water partition coefficient (Wildman–Crippen LogP) is 4.41. The van der Waals surface area contributed by atoms with Gasteiger partial charge in [-0.15, -0.1) is 0 Å². The molecule has 0 aliphatic carbocycles. The van der Waals surface area contributed by atoms with E-state index in [1.807, 2.05) is 6.07 Å². The standard InChI is InChI=1S/C20H27N3OS/c1-15-8-9-17(13-16(15)2)22-20(25)21-14-18(19-7-6-12-24-19)23-10-4-3-5-11-23/h6-9,12-13,18H,3-5,10-11,14H2,1-2H3,(H2,21,22,25)/t18-/m0/s1. The fourth-order valence-electron chi connectivity index (χ4n) is 3.30. The zero-order chi connectivity index (χ0) is 17.6. The Kier molecular flexibility index (Phi) is 6.10. The van der Waals surface area contributed by atoms with E-state index >= 15 is 0 Å². The lowest BCUT2D eigenvalue weighted by atomic mass is 10.1. The number of hydrogen-bond donors (Lipinski definition) is 2. The van der Waals surface area contributed by atoms with Crippen LogP contribution in [0.3, 0.4) is 0 Å². The van der Waals surface area contributed by atoms with Crippen LogP contribution in [-0.2, 0) is 0 Å². The Balaban J connectivity index is 1.60. The second-order valence-corrected chi connectivity index (χ2v) is 7.17. The van der Waals surface area contributed by atoms with Crippen molar-refractivity contribution < 1.29 is 4.42 Å². The number of nitrogens with one attached hydrogen (secondary N) is 2. The van der Waals surface area contributed by atoms with E-state index in [2.05, 4.69) is 53.6 Å². The Morgan fingerprint density at radius 3 is 2.64 bits per heavy atom. The first-order chi connectivity index (χ1) is 12.1. The minimum absolute atomic E-state index is 0.217. The second kappa shape index (κ2) is 8.50. The van der Waals surface area contributed by atoms with E-state index in [1.54, 1.807) is 6.26 Å². The molecule has 1 fully saturated rings. The molecule has 0 unspecified atom stereocenters. The smallest absolute Gasteiger partial charge is 0.170 e. The van der Waals surface area contributed by atoms with Gasteiger partial charge in [0.15, 0.2) is 5.11 Å². The summed E-state index contributed by atoms with van der Waals surface area (Å²) >= 11 is 5.49. The molecule has 2 aromatic rings. The Hall–Kier alpha value is -1.85. The molecule has 2 N–H and O–H groups in total. The van der Waals surface area contributed by atoms with Crippen LogP contribution in [0.2, 0.25) is 0 Å². The van der Waals surface area contributed by atoms with Crippen LogP contribution in [0.15, 0.2) is 41.0 Å². The number of benzene rings is 1. The van der Waals surface area contributed by atoms with Crippen molar-refractivity contribution in [1.82, 2.24) is 10.2 Å². The zero-order valence-corrected chi connectivity index (χ0v) is 15.9. The van der Waals surface area contributed by atoms with Crippen molar-refractivity contribution in [3.8, 4) is 0 Å². The average molecular weight is 358 g/mol. The van der Waals surface area contributed by atoms with E-state index in [9.17, 15) is 0 Å². The summed E-state index contributed by atoms with van der Waals surface area (Å²) in [6.07, 6.45) is 5.57. The molecule has 1 aromatic carbocycles. The third-order valence-corrected chi connectivity index (χ3v) is 5.17. The van der Waals surface area contributed by atoms with Crippen LogP contribution in [0.4, 0.5) is 5.69 Å². The highest BCUT2D eigenvalue weighted by atomic mass is 32.1. The van der Waals surface area contributed by atoms with Gasteiger partial charge in [0.25, 0.3) is 0 Å². The van der Waals surface area contributed by atoms with Crippen molar-refractivity contribution in [2.45, 2.75) is 39.2 Å². The van der Waals surface area contributed by atoms with Gasteiger partial charge in [0.1, 0.15) is 5.76 Å². The molecule has 5 heteroatoms. The van der Waals surface area contributed by atoms with Crippen LogP contribution in [0.25, 0.3) is 0 Å². The van der Waals surface area contributed by atoms with Crippen molar-refractivity contribution in [3.05, 3.63) is 53.5 Å². The van der Waals surface area contributed by atoms with Gasteiger partial charge in [0.05, 0.1) is 12.3 Å².